The number of amides is 1. The van der Waals surface area contributed by atoms with Gasteiger partial charge in [-0.3, -0.25) is 4.79 Å². The smallest absolute Gasteiger partial charge is 0.251 e. The van der Waals surface area contributed by atoms with Gasteiger partial charge in [-0.2, -0.15) is 0 Å². The average Bonchev–Trinajstić information content (AvgIpc) is 2.77. The van der Waals surface area contributed by atoms with Gasteiger partial charge < -0.3 is 10.4 Å². The predicted molar refractivity (Wildman–Crippen MR) is 64.8 cm³/mol. The Morgan fingerprint density at radius 1 is 1.59 bits per heavy atom. The second kappa shape index (κ2) is 5.29. The Labute approximate surface area is 104 Å². The SMILES string of the molecule is O=C(N[C@@H]1C=C[C@H](CO)C1)c1ccnc(Cl)c1. The zero-order chi connectivity index (χ0) is 12.3. The normalized spacial score (nSPS) is 22.7. The van der Waals surface area contributed by atoms with E-state index >= 15 is 0 Å². The fourth-order valence-corrected chi connectivity index (χ4v) is 1.99. The molecule has 1 aliphatic rings. The maximum atomic E-state index is 11.9. The third-order valence-corrected chi connectivity index (χ3v) is 2.92. The van der Waals surface area contributed by atoms with Crippen LogP contribution < -0.4 is 5.32 Å². The third kappa shape index (κ3) is 3.05. The summed E-state index contributed by atoms with van der Waals surface area (Å²) in [5.41, 5.74) is 0.492. The van der Waals surface area contributed by atoms with Crippen LogP contribution in [0.5, 0.6) is 0 Å². The Morgan fingerprint density at radius 2 is 2.41 bits per heavy atom. The van der Waals surface area contributed by atoms with E-state index in [1.54, 1.807) is 6.07 Å². The van der Waals surface area contributed by atoms with Gasteiger partial charge in [-0.15, -0.1) is 0 Å². The van der Waals surface area contributed by atoms with Gasteiger partial charge >= 0.3 is 0 Å². The van der Waals surface area contributed by atoms with Crippen LogP contribution in [0, 0.1) is 5.92 Å². The van der Waals surface area contributed by atoms with E-state index in [9.17, 15) is 4.79 Å². The van der Waals surface area contributed by atoms with Crippen molar-refractivity contribution >= 4 is 17.5 Å². The van der Waals surface area contributed by atoms with Crippen LogP contribution in [0.4, 0.5) is 0 Å². The van der Waals surface area contributed by atoms with Crippen molar-refractivity contribution < 1.29 is 9.90 Å². The molecule has 1 heterocycles. The Bertz CT molecular complexity index is 448. The first-order valence-electron chi connectivity index (χ1n) is 5.40. The fourth-order valence-electron chi connectivity index (χ4n) is 1.81. The van der Waals surface area contributed by atoms with E-state index in [2.05, 4.69) is 10.3 Å². The molecule has 0 bridgehead atoms. The van der Waals surface area contributed by atoms with Crippen molar-refractivity contribution in [3.63, 3.8) is 0 Å². The maximum Gasteiger partial charge on any atom is 0.251 e. The van der Waals surface area contributed by atoms with Crippen molar-refractivity contribution in [1.82, 2.24) is 10.3 Å². The van der Waals surface area contributed by atoms with Crippen molar-refractivity contribution in [2.75, 3.05) is 6.61 Å². The van der Waals surface area contributed by atoms with Crippen molar-refractivity contribution in [1.29, 1.82) is 0 Å². The molecule has 1 amide bonds. The van der Waals surface area contributed by atoms with Crippen LogP contribution in [0.1, 0.15) is 16.8 Å². The van der Waals surface area contributed by atoms with Crippen LogP contribution in [0.15, 0.2) is 30.5 Å². The fraction of sp³-hybridized carbons (Fsp3) is 0.333. The lowest BCUT2D eigenvalue weighted by Crippen LogP contribution is -2.32. The Hall–Kier alpha value is -1.39. The van der Waals surface area contributed by atoms with E-state index in [1.165, 1.54) is 12.3 Å². The molecule has 90 valence electrons. The molecule has 0 radical (unpaired) electrons. The molecule has 1 aromatic rings. The molecule has 5 heteroatoms. The lowest BCUT2D eigenvalue weighted by atomic mass is 10.1. The lowest BCUT2D eigenvalue weighted by Gasteiger charge is -2.12. The summed E-state index contributed by atoms with van der Waals surface area (Å²) in [5.74, 6) is -0.0381. The quantitative estimate of drug-likeness (QED) is 0.632. The minimum absolute atomic E-state index is 0.0217. The van der Waals surface area contributed by atoms with Crippen molar-refractivity contribution in [3.8, 4) is 0 Å². The van der Waals surface area contributed by atoms with Gasteiger partial charge in [-0.25, -0.2) is 4.98 Å². The van der Waals surface area contributed by atoms with Gasteiger partial charge in [-0.1, -0.05) is 23.8 Å². The minimum Gasteiger partial charge on any atom is -0.396 e. The van der Waals surface area contributed by atoms with E-state index in [4.69, 9.17) is 16.7 Å². The molecule has 2 rings (SSSR count). The number of carbonyl (C=O) groups excluding carboxylic acids is 1. The number of halogens is 1. The van der Waals surface area contributed by atoms with Crippen LogP contribution >= 0.6 is 11.6 Å². The zero-order valence-corrected chi connectivity index (χ0v) is 9.89. The van der Waals surface area contributed by atoms with Gasteiger partial charge in [-0.05, 0) is 18.6 Å². The summed E-state index contributed by atoms with van der Waals surface area (Å²) >= 11 is 5.71. The van der Waals surface area contributed by atoms with Gasteiger partial charge in [0.2, 0.25) is 0 Å². The molecule has 4 nitrogen and oxygen atoms in total. The van der Waals surface area contributed by atoms with Crippen molar-refractivity contribution in [2.45, 2.75) is 12.5 Å². The Kier molecular flexibility index (Phi) is 3.76. The molecule has 0 spiro atoms. The lowest BCUT2D eigenvalue weighted by molar-refractivity contribution is 0.0941. The third-order valence-electron chi connectivity index (χ3n) is 2.71. The summed E-state index contributed by atoms with van der Waals surface area (Å²) in [7, 11) is 0. The number of nitrogens with one attached hydrogen (secondary N) is 1. The second-order valence-electron chi connectivity index (χ2n) is 4.01. The first-order chi connectivity index (χ1) is 8.19. The molecule has 0 fully saturated rings. The molecule has 1 aromatic heterocycles. The molecular formula is C12H13ClN2O2. The minimum atomic E-state index is -0.178. The first-order valence-corrected chi connectivity index (χ1v) is 5.78. The highest BCUT2D eigenvalue weighted by Gasteiger charge is 2.20. The largest absolute Gasteiger partial charge is 0.396 e. The topological polar surface area (TPSA) is 62.2 Å². The molecule has 2 atom stereocenters. The van der Waals surface area contributed by atoms with Gasteiger partial charge in [0, 0.05) is 30.3 Å². The number of aliphatic hydroxyl groups is 1. The molecular weight excluding hydrogens is 240 g/mol. The summed E-state index contributed by atoms with van der Waals surface area (Å²) in [4.78, 5) is 15.7. The van der Waals surface area contributed by atoms with Crippen molar-refractivity contribution in [3.05, 3.63) is 41.2 Å². The van der Waals surface area contributed by atoms with E-state index in [1.807, 2.05) is 12.2 Å². The summed E-state index contributed by atoms with van der Waals surface area (Å²) in [5, 5.41) is 12.1. The first kappa shape index (κ1) is 12.1. The van der Waals surface area contributed by atoms with Crippen LogP contribution in [-0.2, 0) is 0 Å². The summed E-state index contributed by atoms with van der Waals surface area (Å²) < 4.78 is 0. The van der Waals surface area contributed by atoms with Gasteiger partial charge in [0.25, 0.3) is 5.91 Å². The molecule has 0 unspecified atom stereocenters. The van der Waals surface area contributed by atoms with Crippen LogP contribution in [-0.4, -0.2) is 28.6 Å². The second-order valence-corrected chi connectivity index (χ2v) is 4.40. The summed E-state index contributed by atoms with van der Waals surface area (Å²) in [6, 6.07) is 3.12. The number of rotatable bonds is 3. The van der Waals surface area contributed by atoms with Gasteiger partial charge in [0.15, 0.2) is 0 Å². The number of hydrogen-bond donors (Lipinski definition) is 2. The van der Waals surface area contributed by atoms with E-state index in [0.717, 1.165) is 6.42 Å². The average molecular weight is 253 g/mol. The zero-order valence-electron chi connectivity index (χ0n) is 9.14. The highest BCUT2D eigenvalue weighted by atomic mass is 35.5. The molecule has 0 saturated carbocycles. The standard InChI is InChI=1S/C12H13ClN2O2/c13-11-6-9(3-4-14-11)12(17)15-10-2-1-8(5-10)7-16/h1-4,6,8,10,16H,5,7H2,(H,15,17)/t8-,10+/m0/s1. The van der Waals surface area contributed by atoms with E-state index in [0.29, 0.717) is 10.7 Å². The molecule has 0 saturated heterocycles. The number of aromatic nitrogens is 1. The number of pyridine rings is 1. The Morgan fingerprint density at radius 3 is 3.06 bits per heavy atom. The Balaban J connectivity index is 1.96. The van der Waals surface area contributed by atoms with E-state index < -0.39 is 0 Å². The molecule has 0 aliphatic heterocycles. The van der Waals surface area contributed by atoms with E-state index in [-0.39, 0.29) is 24.5 Å². The number of carbonyl (C=O) groups is 1. The number of aliphatic hydroxyl groups excluding tert-OH is 1. The highest BCUT2D eigenvalue weighted by molar-refractivity contribution is 6.29. The van der Waals surface area contributed by atoms with Crippen molar-refractivity contribution in [2.24, 2.45) is 5.92 Å². The molecule has 0 aromatic carbocycles. The van der Waals surface area contributed by atoms with Gasteiger partial charge in [0.1, 0.15) is 5.15 Å². The molecule has 17 heavy (non-hydrogen) atoms. The predicted octanol–water partition coefficient (Wildman–Crippen LogP) is 1.40. The maximum absolute atomic E-state index is 11.9. The van der Waals surface area contributed by atoms with Crippen LogP contribution in [0.25, 0.3) is 0 Å². The monoisotopic (exact) mass is 252 g/mol. The summed E-state index contributed by atoms with van der Waals surface area (Å²) in [6.07, 6.45) is 6.06. The van der Waals surface area contributed by atoms with Gasteiger partial charge in [0.05, 0.1) is 0 Å². The number of hydrogen-bond acceptors (Lipinski definition) is 3. The molecule has 1 aliphatic carbocycles. The van der Waals surface area contributed by atoms with Crippen LogP contribution in [0.2, 0.25) is 5.15 Å². The number of nitrogens with zero attached hydrogens (tertiary/aromatic N) is 1. The molecule has 2 N–H and O–H groups in total. The highest BCUT2D eigenvalue weighted by Crippen LogP contribution is 2.17. The van der Waals surface area contributed by atoms with Crippen LogP contribution in [0.3, 0.4) is 0 Å². The summed E-state index contributed by atoms with van der Waals surface area (Å²) in [6.45, 7) is 0.115.